The monoisotopic (exact) mass is 370 g/mol. The summed E-state index contributed by atoms with van der Waals surface area (Å²) >= 11 is 0. The Morgan fingerprint density at radius 2 is 1.81 bits per heavy atom. The van der Waals surface area contributed by atoms with Crippen LogP contribution in [0.2, 0.25) is 0 Å². The van der Waals surface area contributed by atoms with Crippen LogP contribution in [0, 0.1) is 0 Å². The molecule has 1 saturated heterocycles. The Hall–Kier alpha value is -2.45. The van der Waals surface area contributed by atoms with Crippen molar-refractivity contribution in [2.24, 2.45) is 0 Å². The molecule has 5 nitrogen and oxygen atoms in total. The molecule has 3 rings (SSSR count). The van der Waals surface area contributed by atoms with E-state index >= 15 is 0 Å². The minimum Gasteiger partial charge on any atom is -0.508 e. The standard InChI is InChI=1S/C18H17F3O5/c1-23-16-8-11(17-24-6-7-25-17)3-5-15(16)26-10-12-2-4-13(22)9-14(12)18(19,20)21/h2-5,8-9,17,22H,6-7,10H2,1H3. The van der Waals surface area contributed by atoms with Gasteiger partial charge in [0.2, 0.25) is 0 Å². The molecule has 1 heterocycles. The van der Waals surface area contributed by atoms with Crippen molar-refractivity contribution >= 4 is 0 Å². The van der Waals surface area contributed by atoms with E-state index in [2.05, 4.69) is 0 Å². The first-order valence-corrected chi connectivity index (χ1v) is 7.81. The average molecular weight is 370 g/mol. The lowest BCUT2D eigenvalue weighted by atomic mass is 10.1. The molecule has 0 amide bonds. The van der Waals surface area contributed by atoms with Crippen LogP contribution < -0.4 is 9.47 Å². The Morgan fingerprint density at radius 3 is 2.46 bits per heavy atom. The minimum absolute atomic E-state index is 0.0936. The maximum atomic E-state index is 13.1. The summed E-state index contributed by atoms with van der Waals surface area (Å²) in [5, 5.41) is 9.32. The number of hydrogen-bond acceptors (Lipinski definition) is 5. The summed E-state index contributed by atoms with van der Waals surface area (Å²) in [6.45, 7) is 0.653. The van der Waals surface area contributed by atoms with Crippen LogP contribution >= 0.6 is 0 Å². The van der Waals surface area contributed by atoms with E-state index < -0.39 is 23.8 Å². The third-order valence-corrected chi connectivity index (χ3v) is 3.86. The average Bonchev–Trinajstić information content (AvgIpc) is 3.14. The number of phenols is 1. The molecule has 140 valence electrons. The molecule has 1 aliphatic heterocycles. The lowest BCUT2D eigenvalue weighted by Gasteiger charge is -2.17. The number of benzene rings is 2. The van der Waals surface area contributed by atoms with Crippen molar-refractivity contribution in [1.29, 1.82) is 0 Å². The Bertz CT molecular complexity index is 770. The number of methoxy groups -OCH3 is 1. The van der Waals surface area contributed by atoms with Crippen LogP contribution in [0.4, 0.5) is 13.2 Å². The molecular weight excluding hydrogens is 353 g/mol. The predicted molar refractivity (Wildman–Crippen MR) is 85.1 cm³/mol. The summed E-state index contributed by atoms with van der Waals surface area (Å²) in [7, 11) is 1.43. The highest BCUT2D eigenvalue weighted by atomic mass is 19.4. The second-order valence-corrected chi connectivity index (χ2v) is 5.61. The molecule has 0 aromatic heterocycles. The van der Waals surface area contributed by atoms with E-state index in [4.69, 9.17) is 18.9 Å². The van der Waals surface area contributed by atoms with E-state index in [0.717, 1.165) is 5.56 Å². The topological polar surface area (TPSA) is 57.2 Å². The molecule has 0 aliphatic carbocycles. The molecule has 0 saturated carbocycles. The van der Waals surface area contributed by atoms with Crippen molar-refractivity contribution in [2.75, 3.05) is 20.3 Å². The van der Waals surface area contributed by atoms with Crippen LogP contribution in [-0.2, 0) is 22.3 Å². The van der Waals surface area contributed by atoms with Crippen LogP contribution in [0.3, 0.4) is 0 Å². The number of hydrogen-bond donors (Lipinski definition) is 1. The lowest BCUT2D eigenvalue weighted by Crippen LogP contribution is -2.11. The Balaban J connectivity index is 1.79. The molecule has 0 radical (unpaired) electrons. The maximum Gasteiger partial charge on any atom is 0.416 e. The molecule has 1 fully saturated rings. The zero-order valence-corrected chi connectivity index (χ0v) is 13.9. The van der Waals surface area contributed by atoms with E-state index in [1.165, 1.54) is 19.2 Å². The molecule has 26 heavy (non-hydrogen) atoms. The van der Waals surface area contributed by atoms with Gasteiger partial charge in [0.1, 0.15) is 12.4 Å². The SMILES string of the molecule is COc1cc(C2OCCO2)ccc1OCc1ccc(O)cc1C(F)(F)F. The highest BCUT2D eigenvalue weighted by Crippen LogP contribution is 2.36. The summed E-state index contributed by atoms with van der Waals surface area (Å²) in [4.78, 5) is 0. The first-order valence-electron chi connectivity index (χ1n) is 7.81. The largest absolute Gasteiger partial charge is 0.508 e. The van der Waals surface area contributed by atoms with Crippen LogP contribution in [0.25, 0.3) is 0 Å². The van der Waals surface area contributed by atoms with Gasteiger partial charge in [-0.2, -0.15) is 13.2 Å². The Labute approximate surface area is 147 Å². The smallest absolute Gasteiger partial charge is 0.416 e. The van der Waals surface area contributed by atoms with Gasteiger partial charge in [0.25, 0.3) is 0 Å². The molecule has 0 spiro atoms. The van der Waals surface area contributed by atoms with Gasteiger partial charge in [-0.1, -0.05) is 12.1 Å². The number of phenolic OH excluding ortho intramolecular Hbond substituents is 1. The summed E-state index contributed by atoms with van der Waals surface area (Å²) in [5.41, 5.74) is -0.308. The molecule has 0 bridgehead atoms. The number of rotatable bonds is 5. The van der Waals surface area contributed by atoms with E-state index in [0.29, 0.717) is 25.0 Å². The van der Waals surface area contributed by atoms with Crippen LogP contribution in [0.15, 0.2) is 36.4 Å². The molecule has 0 atom stereocenters. The zero-order valence-electron chi connectivity index (χ0n) is 13.9. The van der Waals surface area contributed by atoms with E-state index in [9.17, 15) is 18.3 Å². The first-order chi connectivity index (χ1) is 12.4. The second-order valence-electron chi connectivity index (χ2n) is 5.61. The van der Waals surface area contributed by atoms with Gasteiger partial charge >= 0.3 is 6.18 Å². The van der Waals surface area contributed by atoms with Crippen molar-refractivity contribution in [1.82, 2.24) is 0 Å². The summed E-state index contributed by atoms with van der Waals surface area (Å²) in [6.07, 6.45) is -5.09. The van der Waals surface area contributed by atoms with Crippen LogP contribution in [0.1, 0.15) is 23.0 Å². The van der Waals surface area contributed by atoms with E-state index in [-0.39, 0.29) is 17.9 Å². The Kier molecular flexibility index (Phi) is 5.24. The summed E-state index contributed by atoms with van der Waals surface area (Å²) in [6, 6.07) is 7.99. The van der Waals surface area contributed by atoms with Gasteiger partial charge < -0.3 is 24.1 Å². The fourth-order valence-electron chi connectivity index (χ4n) is 2.61. The maximum absolute atomic E-state index is 13.1. The highest BCUT2D eigenvalue weighted by Gasteiger charge is 2.34. The molecule has 2 aromatic carbocycles. The second kappa shape index (κ2) is 7.43. The predicted octanol–water partition coefficient (Wildman–Crippen LogP) is 4.04. The summed E-state index contributed by atoms with van der Waals surface area (Å²) in [5.74, 6) is 0.184. The fraction of sp³-hybridized carbons (Fsp3) is 0.333. The van der Waals surface area contributed by atoms with E-state index in [1.807, 2.05) is 0 Å². The molecular formula is C18H17F3O5. The molecule has 0 unspecified atom stereocenters. The van der Waals surface area contributed by atoms with Crippen molar-refractivity contribution in [3.63, 3.8) is 0 Å². The number of halogens is 3. The highest BCUT2D eigenvalue weighted by molar-refractivity contribution is 5.44. The van der Waals surface area contributed by atoms with Gasteiger partial charge in [-0.3, -0.25) is 0 Å². The van der Waals surface area contributed by atoms with Crippen molar-refractivity contribution < 1.29 is 37.2 Å². The Morgan fingerprint density at radius 1 is 1.08 bits per heavy atom. The van der Waals surface area contributed by atoms with Gasteiger partial charge in [-0.15, -0.1) is 0 Å². The van der Waals surface area contributed by atoms with Crippen LogP contribution in [0.5, 0.6) is 17.2 Å². The van der Waals surface area contributed by atoms with Gasteiger partial charge in [0.05, 0.1) is 25.9 Å². The summed E-state index contributed by atoms with van der Waals surface area (Å²) < 4.78 is 60.9. The van der Waals surface area contributed by atoms with Gasteiger partial charge in [0, 0.05) is 11.1 Å². The van der Waals surface area contributed by atoms with Crippen molar-refractivity contribution in [3.8, 4) is 17.2 Å². The van der Waals surface area contributed by atoms with Crippen molar-refractivity contribution in [3.05, 3.63) is 53.1 Å². The van der Waals surface area contributed by atoms with Crippen molar-refractivity contribution in [2.45, 2.75) is 19.1 Å². The molecule has 8 heteroatoms. The number of ether oxygens (including phenoxy) is 4. The quantitative estimate of drug-likeness (QED) is 0.861. The van der Waals surface area contributed by atoms with E-state index in [1.54, 1.807) is 18.2 Å². The van der Waals surface area contributed by atoms with Gasteiger partial charge in [-0.05, 0) is 24.3 Å². The number of aromatic hydroxyl groups is 1. The third kappa shape index (κ3) is 4.03. The minimum atomic E-state index is -4.59. The molecule has 1 N–H and O–H groups in total. The number of alkyl halides is 3. The van der Waals surface area contributed by atoms with Gasteiger partial charge in [0.15, 0.2) is 17.8 Å². The first kappa shape index (κ1) is 18.3. The zero-order chi connectivity index (χ0) is 18.7. The molecule has 1 aliphatic rings. The normalized spacial score (nSPS) is 15.2. The third-order valence-electron chi connectivity index (χ3n) is 3.86. The lowest BCUT2D eigenvalue weighted by molar-refractivity contribution is -0.138. The van der Waals surface area contributed by atoms with Crippen LogP contribution in [-0.4, -0.2) is 25.4 Å². The molecule has 2 aromatic rings. The fourth-order valence-corrected chi connectivity index (χ4v) is 2.61. The van der Waals surface area contributed by atoms with Gasteiger partial charge in [-0.25, -0.2) is 0 Å².